The molecule has 1 fully saturated rings. The summed E-state index contributed by atoms with van der Waals surface area (Å²) in [4.78, 5) is 19.1. The van der Waals surface area contributed by atoms with Crippen molar-refractivity contribution in [2.75, 3.05) is 13.1 Å². The van der Waals surface area contributed by atoms with Crippen LogP contribution in [0.15, 0.2) is 42.0 Å². The minimum Gasteiger partial charge on any atom is -0.489 e. The number of hydrogen-bond acceptors (Lipinski definition) is 4. The molecule has 0 aliphatic carbocycles. The van der Waals surface area contributed by atoms with E-state index >= 15 is 0 Å². The number of rotatable bonds is 4. The summed E-state index contributed by atoms with van der Waals surface area (Å²) < 4.78 is 5.91. The Hall–Kier alpha value is -1.85. The van der Waals surface area contributed by atoms with Gasteiger partial charge in [-0.25, -0.2) is 0 Å². The highest BCUT2D eigenvalue weighted by atomic mass is 35.5. The molecule has 3 rings (SSSR count). The minimum atomic E-state index is 0.0544. The standard InChI is InChI=1S/C17H17ClN2O2S/c18-15-12-19-8-5-16(15)22-13-6-9-20(10-7-13)17(21)4-3-14-2-1-11-23-14/h1-5,8,11-13H,6-7,9-10H2. The highest BCUT2D eigenvalue weighted by Crippen LogP contribution is 2.26. The fraction of sp³-hybridized carbons (Fsp3) is 0.294. The summed E-state index contributed by atoms with van der Waals surface area (Å²) in [5, 5.41) is 2.52. The SMILES string of the molecule is O=C(C=Cc1cccs1)N1CCC(Oc2ccncc2Cl)CC1. The van der Waals surface area contributed by atoms with Crippen LogP contribution in [0.25, 0.3) is 6.08 Å². The number of halogens is 1. The zero-order valence-electron chi connectivity index (χ0n) is 12.5. The number of pyridine rings is 1. The lowest BCUT2D eigenvalue weighted by atomic mass is 10.1. The fourth-order valence-electron chi connectivity index (χ4n) is 2.48. The van der Waals surface area contributed by atoms with Gasteiger partial charge in [-0.2, -0.15) is 0 Å². The number of piperidine rings is 1. The van der Waals surface area contributed by atoms with Crippen molar-refractivity contribution >= 4 is 34.9 Å². The van der Waals surface area contributed by atoms with E-state index in [1.165, 1.54) is 0 Å². The van der Waals surface area contributed by atoms with E-state index in [1.807, 2.05) is 28.5 Å². The Morgan fingerprint density at radius 3 is 2.91 bits per heavy atom. The number of thiophene rings is 1. The number of amides is 1. The van der Waals surface area contributed by atoms with E-state index in [0.717, 1.165) is 17.7 Å². The molecule has 0 spiro atoms. The molecule has 1 amide bonds. The first-order valence-corrected chi connectivity index (χ1v) is 8.75. The molecule has 2 aromatic rings. The zero-order valence-corrected chi connectivity index (χ0v) is 14.1. The molecular formula is C17H17ClN2O2S. The van der Waals surface area contributed by atoms with Crippen molar-refractivity contribution in [3.8, 4) is 5.75 Å². The molecule has 0 bridgehead atoms. The Labute approximate surface area is 144 Å². The van der Waals surface area contributed by atoms with Gasteiger partial charge >= 0.3 is 0 Å². The van der Waals surface area contributed by atoms with Crippen molar-refractivity contribution in [3.63, 3.8) is 0 Å². The van der Waals surface area contributed by atoms with Crippen LogP contribution in [-0.4, -0.2) is 35.0 Å². The van der Waals surface area contributed by atoms with Crippen molar-refractivity contribution in [3.05, 3.63) is 51.9 Å². The smallest absolute Gasteiger partial charge is 0.246 e. The van der Waals surface area contributed by atoms with Crippen molar-refractivity contribution in [2.45, 2.75) is 18.9 Å². The molecular weight excluding hydrogens is 332 g/mol. The van der Waals surface area contributed by atoms with Gasteiger partial charge in [0.1, 0.15) is 16.9 Å². The first-order chi connectivity index (χ1) is 11.2. The number of hydrogen-bond donors (Lipinski definition) is 0. The molecule has 0 N–H and O–H groups in total. The van der Waals surface area contributed by atoms with Crippen LogP contribution in [0.1, 0.15) is 17.7 Å². The van der Waals surface area contributed by atoms with Gasteiger partial charge in [-0.3, -0.25) is 9.78 Å². The maximum absolute atomic E-state index is 12.2. The van der Waals surface area contributed by atoms with Crippen molar-refractivity contribution in [1.82, 2.24) is 9.88 Å². The summed E-state index contributed by atoms with van der Waals surface area (Å²) in [6.07, 6.45) is 8.44. The molecule has 1 saturated heterocycles. The predicted molar refractivity (Wildman–Crippen MR) is 92.8 cm³/mol. The van der Waals surface area contributed by atoms with Gasteiger partial charge in [0.05, 0.1) is 0 Å². The number of nitrogens with zero attached hydrogens (tertiary/aromatic N) is 2. The topological polar surface area (TPSA) is 42.4 Å². The van der Waals surface area contributed by atoms with Crippen LogP contribution in [0.2, 0.25) is 5.02 Å². The second kappa shape index (κ2) is 7.62. The molecule has 23 heavy (non-hydrogen) atoms. The number of aromatic nitrogens is 1. The van der Waals surface area contributed by atoms with Crippen LogP contribution in [0.5, 0.6) is 5.75 Å². The average molecular weight is 349 g/mol. The average Bonchev–Trinajstić information content (AvgIpc) is 3.09. The lowest BCUT2D eigenvalue weighted by Crippen LogP contribution is -2.41. The van der Waals surface area contributed by atoms with Crippen molar-refractivity contribution in [2.24, 2.45) is 0 Å². The third-order valence-electron chi connectivity index (χ3n) is 3.72. The lowest BCUT2D eigenvalue weighted by Gasteiger charge is -2.31. The molecule has 1 aliphatic rings. The molecule has 0 saturated carbocycles. The number of carbonyl (C=O) groups excluding carboxylic acids is 1. The van der Waals surface area contributed by atoms with Gasteiger partial charge in [-0.15, -0.1) is 11.3 Å². The van der Waals surface area contributed by atoms with E-state index in [1.54, 1.807) is 35.9 Å². The molecule has 0 aromatic carbocycles. The Kier molecular flexibility index (Phi) is 5.31. The molecule has 2 aromatic heterocycles. The zero-order chi connectivity index (χ0) is 16.1. The predicted octanol–water partition coefficient (Wildman–Crippen LogP) is 3.88. The number of likely N-dealkylation sites (tertiary alicyclic amines) is 1. The van der Waals surface area contributed by atoms with Crippen LogP contribution >= 0.6 is 22.9 Å². The van der Waals surface area contributed by atoms with E-state index in [4.69, 9.17) is 16.3 Å². The molecule has 0 atom stereocenters. The Balaban J connectivity index is 1.50. The molecule has 6 heteroatoms. The molecule has 120 valence electrons. The quantitative estimate of drug-likeness (QED) is 0.787. The Morgan fingerprint density at radius 1 is 1.39 bits per heavy atom. The summed E-state index contributed by atoms with van der Waals surface area (Å²) in [6.45, 7) is 1.39. The normalized spacial score (nSPS) is 16.0. The summed E-state index contributed by atoms with van der Waals surface area (Å²) in [7, 11) is 0. The second-order valence-corrected chi connectivity index (χ2v) is 6.68. The monoisotopic (exact) mass is 348 g/mol. The highest BCUT2D eigenvalue weighted by molar-refractivity contribution is 7.10. The van der Waals surface area contributed by atoms with Gasteiger partial charge in [-0.05, 0) is 17.5 Å². The first kappa shape index (κ1) is 16.0. The fourth-order valence-corrected chi connectivity index (χ4v) is 3.26. The first-order valence-electron chi connectivity index (χ1n) is 7.49. The van der Waals surface area contributed by atoms with E-state index in [9.17, 15) is 4.79 Å². The van der Waals surface area contributed by atoms with Gasteiger partial charge in [0.15, 0.2) is 0 Å². The van der Waals surface area contributed by atoms with E-state index in [-0.39, 0.29) is 12.0 Å². The largest absolute Gasteiger partial charge is 0.489 e. The second-order valence-electron chi connectivity index (χ2n) is 5.30. The summed E-state index contributed by atoms with van der Waals surface area (Å²) in [6, 6.07) is 5.73. The lowest BCUT2D eigenvalue weighted by molar-refractivity contribution is -0.127. The molecule has 1 aliphatic heterocycles. The molecule has 0 unspecified atom stereocenters. The van der Waals surface area contributed by atoms with Crippen LogP contribution in [0, 0.1) is 0 Å². The van der Waals surface area contributed by atoms with Gasteiger partial charge in [0, 0.05) is 55.3 Å². The summed E-state index contributed by atoms with van der Waals surface area (Å²) in [5.41, 5.74) is 0. The third kappa shape index (κ3) is 4.33. The van der Waals surface area contributed by atoms with Gasteiger partial charge in [0.25, 0.3) is 0 Å². The van der Waals surface area contributed by atoms with Crippen LogP contribution in [0.3, 0.4) is 0 Å². The van der Waals surface area contributed by atoms with Crippen molar-refractivity contribution in [1.29, 1.82) is 0 Å². The van der Waals surface area contributed by atoms with Gasteiger partial charge in [-0.1, -0.05) is 17.7 Å². The summed E-state index contributed by atoms with van der Waals surface area (Å²) in [5.74, 6) is 0.711. The van der Waals surface area contributed by atoms with E-state index < -0.39 is 0 Å². The van der Waals surface area contributed by atoms with Gasteiger partial charge < -0.3 is 9.64 Å². The van der Waals surface area contributed by atoms with Crippen LogP contribution < -0.4 is 4.74 Å². The maximum atomic E-state index is 12.2. The van der Waals surface area contributed by atoms with Gasteiger partial charge in [0.2, 0.25) is 5.91 Å². The molecule has 4 nitrogen and oxygen atoms in total. The number of carbonyl (C=O) groups is 1. The van der Waals surface area contributed by atoms with Crippen LogP contribution in [0.4, 0.5) is 0 Å². The third-order valence-corrected chi connectivity index (χ3v) is 4.84. The van der Waals surface area contributed by atoms with Crippen LogP contribution in [-0.2, 0) is 4.79 Å². The highest BCUT2D eigenvalue weighted by Gasteiger charge is 2.23. The van der Waals surface area contributed by atoms with E-state index in [0.29, 0.717) is 23.9 Å². The number of ether oxygens (including phenoxy) is 1. The molecule has 0 radical (unpaired) electrons. The Bertz CT molecular complexity index is 680. The van der Waals surface area contributed by atoms with E-state index in [2.05, 4.69) is 4.98 Å². The Morgan fingerprint density at radius 2 is 2.22 bits per heavy atom. The summed E-state index contributed by atoms with van der Waals surface area (Å²) >= 11 is 7.67. The minimum absolute atomic E-state index is 0.0544. The maximum Gasteiger partial charge on any atom is 0.246 e. The van der Waals surface area contributed by atoms with Crippen molar-refractivity contribution < 1.29 is 9.53 Å². The molecule has 3 heterocycles.